The van der Waals surface area contributed by atoms with Gasteiger partial charge in [-0.1, -0.05) is 30.3 Å². The molecule has 4 rings (SSSR count). The Morgan fingerprint density at radius 1 is 1.00 bits per heavy atom. The fourth-order valence-electron chi connectivity index (χ4n) is 3.90. The van der Waals surface area contributed by atoms with Crippen LogP contribution in [-0.4, -0.2) is 34.7 Å². The van der Waals surface area contributed by atoms with Crippen LogP contribution in [0.3, 0.4) is 0 Å². The van der Waals surface area contributed by atoms with Crippen molar-refractivity contribution in [3.63, 3.8) is 0 Å². The number of carbonyl (C=O) groups excluding carboxylic acids is 3. The number of aryl methyl sites for hydroxylation is 1. The number of para-hydroxylation sites is 1. The Kier molecular flexibility index (Phi) is 3.87. The first kappa shape index (κ1) is 16.5. The van der Waals surface area contributed by atoms with Gasteiger partial charge >= 0.3 is 0 Å². The summed E-state index contributed by atoms with van der Waals surface area (Å²) in [5.74, 6) is -1.02. The van der Waals surface area contributed by atoms with E-state index in [1.165, 1.54) is 0 Å². The lowest BCUT2D eigenvalue weighted by molar-refractivity contribution is -0.122. The number of imide groups is 1. The number of benzene rings is 2. The molecule has 0 aliphatic carbocycles. The maximum Gasteiger partial charge on any atom is 0.262 e. The Morgan fingerprint density at radius 2 is 1.58 bits per heavy atom. The van der Waals surface area contributed by atoms with E-state index in [0.717, 1.165) is 29.0 Å². The van der Waals surface area contributed by atoms with Crippen molar-refractivity contribution in [3.05, 3.63) is 65.2 Å². The van der Waals surface area contributed by atoms with Crippen LogP contribution in [0.25, 0.3) is 0 Å². The Bertz CT molecular complexity index is 886. The molecule has 0 unspecified atom stereocenters. The molecule has 0 fully saturated rings. The second kappa shape index (κ2) is 6.09. The fourth-order valence-corrected chi connectivity index (χ4v) is 3.90. The highest BCUT2D eigenvalue weighted by Gasteiger charge is 2.43. The maximum absolute atomic E-state index is 13.3. The first-order chi connectivity index (χ1) is 12.5. The van der Waals surface area contributed by atoms with E-state index in [9.17, 15) is 14.4 Å². The molecular formula is C21H20N2O3. The fraction of sp³-hybridized carbons (Fsp3) is 0.286. The van der Waals surface area contributed by atoms with Crippen LogP contribution >= 0.6 is 0 Å². The number of amides is 3. The number of carbonyl (C=O) groups is 3. The highest BCUT2D eigenvalue weighted by Crippen LogP contribution is 2.32. The molecule has 2 aromatic rings. The lowest BCUT2D eigenvalue weighted by atomic mass is 9.96. The lowest BCUT2D eigenvalue weighted by Crippen LogP contribution is -2.53. The summed E-state index contributed by atoms with van der Waals surface area (Å²) in [7, 11) is 0. The van der Waals surface area contributed by atoms with Gasteiger partial charge in [0.05, 0.1) is 11.1 Å². The van der Waals surface area contributed by atoms with Gasteiger partial charge in [-0.05, 0) is 50.5 Å². The monoisotopic (exact) mass is 348 g/mol. The van der Waals surface area contributed by atoms with E-state index < -0.39 is 17.9 Å². The molecule has 2 atom stereocenters. The number of hydrogen-bond donors (Lipinski definition) is 0. The van der Waals surface area contributed by atoms with E-state index in [1.54, 1.807) is 36.1 Å². The molecular weight excluding hydrogens is 328 g/mol. The van der Waals surface area contributed by atoms with Crippen molar-refractivity contribution in [2.24, 2.45) is 0 Å². The third-order valence-electron chi connectivity index (χ3n) is 5.33. The topological polar surface area (TPSA) is 57.7 Å². The summed E-state index contributed by atoms with van der Waals surface area (Å²) in [4.78, 5) is 41.5. The van der Waals surface area contributed by atoms with Crippen LogP contribution in [0.1, 0.15) is 46.5 Å². The predicted molar refractivity (Wildman–Crippen MR) is 98.1 cm³/mol. The van der Waals surface area contributed by atoms with Crippen molar-refractivity contribution in [2.75, 3.05) is 4.90 Å². The molecule has 3 amide bonds. The lowest BCUT2D eigenvalue weighted by Gasteiger charge is -2.38. The molecule has 0 radical (unpaired) electrons. The van der Waals surface area contributed by atoms with Crippen LogP contribution in [0.5, 0.6) is 0 Å². The minimum atomic E-state index is -0.851. The Labute approximate surface area is 152 Å². The summed E-state index contributed by atoms with van der Waals surface area (Å²) >= 11 is 0. The number of nitrogens with zero attached hydrogens (tertiary/aromatic N) is 2. The van der Waals surface area contributed by atoms with Gasteiger partial charge in [0.2, 0.25) is 5.91 Å². The van der Waals surface area contributed by atoms with Gasteiger partial charge < -0.3 is 4.90 Å². The van der Waals surface area contributed by atoms with E-state index in [-0.39, 0.29) is 11.9 Å². The summed E-state index contributed by atoms with van der Waals surface area (Å²) in [6.45, 7) is 3.64. The second-order valence-corrected chi connectivity index (χ2v) is 6.93. The molecule has 0 saturated heterocycles. The number of fused-ring (bicyclic) bond motifs is 2. The van der Waals surface area contributed by atoms with Crippen molar-refractivity contribution >= 4 is 23.4 Å². The molecule has 2 aliphatic heterocycles. The Hall–Kier alpha value is -2.95. The minimum Gasteiger partial charge on any atom is -0.308 e. The highest BCUT2D eigenvalue weighted by molar-refractivity contribution is 6.23. The van der Waals surface area contributed by atoms with Gasteiger partial charge in [0.25, 0.3) is 11.8 Å². The third kappa shape index (κ3) is 2.35. The van der Waals surface area contributed by atoms with Crippen LogP contribution in [0, 0.1) is 0 Å². The van der Waals surface area contributed by atoms with Crippen LogP contribution in [0.15, 0.2) is 48.5 Å². The average molecular weight is 348 g/mol. The largest absolute Gasteiger partial charge is 0.308 e. The Balaban J connectivity index is 1.68. The summed E-state index contributed by atoms with van der Waals surface area (Å²) in [5, 5.41) is 0. The van der Waals surface area contributed by atoms with E-state index in [0.29, 0.717) is 11.1 Å². The third-order valence-corrected chi connectivity index (χ3v) is 5.33. The summed E-state index contributed by atoms with van der Waals surface area (Å²) < 4.78 is 0. The van der Waals surface area contributed by atoms with Gasteiger partial charge in [0.15, 0.2) is 0 Å². The summed E-state index contributed by atoms with van der Waals surface area (Å²) in [5.41, 5.74) is 2.72. The van der Waals surface area contributed by atoms with Gasteiger partial charge in [-0.25, -0.2) is 0 Å². The molecule has 2 heterocycles. The molecule has 2 aliphatic rings. The van der Waals surface area contributed by atoms with Gasteiger partial charge in [0.1, 0.15) is 6.04 Å². The van der Waals surface area contributed by atoms with Gasteiger partial charge in [-0.3, -0.25) is 19.3 Å². The highest BCUT2D eigenvalue weighted by atomic mass is 16.2. The molecule has 132 valence electrons. The zero-order valence-electron chi connectivity index (χ0n) is 14.8. The molecule has 0 saturated carbocycles. The zero-order chi connectivity index (χ0) is 18.4. The van der Waals surface area contributed by atoms with Crippen LogP contribution in [0.2, 0.25) is 0 Å². The molecule has 0 spiro atoms. The van der Waals surface area contributed by atoms with Gasteiger partial charge in [0, 0.05) is 11.7 Å². The van der Waals surface area contributed by atoms with E-state index >= 15 is 0 Å². The quantitative estimate of drug-likeness (QED) is 0.784. The number of rotatable bonds is 2. The first-order valence-corrected chi connectivity index (χ1v) is 8.88. The van der Waals surface area contributed by atoms with Crippen molar-refractivity contribution in [2.45, 2.75) is 38.8 Å². The maximum atomic E-state index is 13.3. The van der Waals surface area contributed by atoms with Crippen molar-refractivity contribution in [1.82, 2.24) is 4.90 Å². The van der Waals surface area contributed by atoms with E-state index in [4.69, 9.17) is 0 Å². The second-order valence-electron chi connectivity index (χ2n) is 6.93. The van der Waals surface area contributed by atoms with Crippen LogP contribution in [0.4, 0.5) is 5.69 Å². The first-order valence-electron chi connectivity index (χ1n) is 8.88. The molecule has 2 aromatic carbocycles. The number of anilines is 1. The smallest absolute Gasteiger partial charge is 0.262 e. The van der Waals surface area contributed by atoms with Crippen molar-refractivity contribution < 1.29 is 14.4 Å². The van der Waals surface area contributed by atoms with Crippen molar-refractivity contribution in [3.8, 4) is 0 Å². The van der Waals surface area contributed by atoms with Gasteiger partial charge in [-0.15, -0.1) is 0 Å². The molecule has 26 heavy (non-hydrogen) atoms. The number of hydrogen-bond acceptors (Lipinski definition) is 3. The zero-order valence-corrected chi connectivity index (χ0v) is 14.8. The van der Waals surface area contributed by atoms with Gasteiger partial charge in [-0.2, -0.15) is 0 Å². The molecule has 5 nitrogen and oxygen atoms in total. The van der Waals surface area contributed by atoms with Crippen LogP contribution in [-0.2, 0) is 11.2 Å². The summed E-state index contributed by atoms with van der Waals surface area (Å²) in [6, 6.07) is 13.7. The summed E-state index contributed by atoms with van der Waals surface area (Å²) in [6.07, 6.45) is 1.78. The molecule has 0 N–H and O–H groups in total. The van der Waals surface area contributed by atoms with E-state index in [2.05, 4.69) is 0 Å². The van der Waals surface area contributed by atoms with E-state index in [1.807, 2.05) is 31.2 Å². The molecule has 5 heteroatoms. The Morgan fingerprint density at radius 3 is 2.23 bits per heavy atom. The molecule has 0 aromatic heterocycles. The minimum absolute atomic E-state index is 0.0232. The predicted octanol–water partition coefficient (Wildman–Crippen LogP) is 3.04. The average Bonchev–Trinajstić information content (AvgIpc) is 2.91. The normalized spacial score (nSPS) is 20.0. The SMILES string of the molecule is C[C@@H](C(=O)N1c2ccccc2CC[C@@H]1C)N1C(=O)c2ccccc2C1=O. The van der Waals surface area contributed by atoms with Crippen LogP contribution < -0.4 is 4.90 Å². The molecule has 0 bridgehead atoms. The standard InChI is InChI=1S/C21H20N2O3/c1-13-11-12-15-7-3-6-10-18(15)22(13)19(24)14(2)23-20(25)16-8-4-5-9-17(16)21(23)26/h3-10,13-14H,11-12H2,1-2H3/t13-,14-/m0/s1. The van der Waals surface area contributed by atoms with Crippen molar-refractivity contribution in [1.29, 1.82) is 0 Å².